The van der Waals surface area contributed by atoms with E-state index in [1.165, 1.54) is 21.8 Å². The van der Waals surface area contributed by atoms with Crippen molar-refractivity contribution in [3.63, 3.8) is 0 Å². The summed E-state index contributed by atoms with van der Waals surface area (Å²) >= 11 is 3.25. The predicted octanol–water partition coefficient (Wildman–Crippen LogP) is 5.12. The van der Waals surface area contributed by atoms with Gasteiger partial charge in [-0.2, -0.15) is 0 Å². The highest BCUT2D eigenvalue weighted by atomic mass is 32.1. The summed E-state index contributed by atoms with van der Waals surface area (Å²) in [7, 11) is 0. The number of hydrogen-bond donors (Lipinski definition) is 2. The normalized spacial score (nSPS) is 16.8. The minimum absolute atomic E-state index is 0.0911. The number of aliphatic carboxylic acids is 1. The summed E-state index contributed by atoms with van der Waals surface area (Å²) in [6, 6.07) is 25.1. The number of hydrogen-bond acceptors (Lipinski definition) is 10. The molecule has 2 N–H and O–H groups in total. The van der Waals surface area contributed by atoms with Crippen LogP contribution in [0.3, 0.4) is 0 Å². The Kier molecular flexibility index (Phi) is 13.3. The maximum Gasteiger partial charge on any atom is 0.308 e. The van der Waals surface area contributed by atoms with E-state index in [9.17, 15) is 9.59 Å². The van der Waals surface area contributed by atoms with Crippen LogP contribution in [0.5, 0.6) is 0 Å². The molecule has 0 bridgehead atoms. The maximum absolute atomic E-state index is 12.3. The number of nitrogens with zero attached hydrogens (tertiary/aromatic N) is 3. The van der Waals surface area contributed by atoms with Crippen LogP contribution < -0.4 is 15.1 Å². The molecule has 10 nitrogen and oxygen atoms in total. The van der Waals surface area contributed by atoms with Gasteiger partial charge >= 0.3 is 5.97 Å². The van der Waals surface area contributed by atoms with Gasteiger partial charge in [-0.05, 0) is 59.7 Å². The second-order valence-electron chi connectivity index (χ2n) is 12.4. The first-order valence-electron chi connectivity index (χ1n) is 17.3. The number of ether oxygens (including phenoxy) is 3. The average molecular weight is 719 g/mol. The van der Waals surface area contributed by atoms with Crippen molar-refractivity contribution in [2.75, 3.05) is 102 Å². The Morgan fingerprint density at radius 1 is 0.640 bits per heavy atom. The molecule has 266 valence electrons. The van der Waals surface area contributed by atoms with E-state index in [4.69, 9.17) is 19.3 Å². The van der Waals surface area contributed by atoms with Crippen molar-refractivity contribution >= 4 is 45.9 Å². The molecule has 0 aliphatic carbocycles. The third-order valence-electron chi connectivity index (χ3n) is 8.85. The number of benzene rings is 2. The topological polar surface area (TPSA) is 104 Å². The van der Waals surface area contributed by atoms with Crippen molar-refractivity contribution in [2.45, 2.75) is 12.8 Å². The molecule has 4 aromatic rings. The molecule has 0 atom stereocenters. The molecule has 2 aromatic heterocycles. The molecule has 1 amide bonds. The number of carbonyl (C=O) groups excluding carboxylic acids is 1. The number of amides is 1. The second-order valence-corrected chi connectivity index (χ2v) is 14.7. The molecule has 0 saturated carbocycles. The van der Waals surface area contributed by atoms with Crippen molar-refractivity contribution in [1.29, 1.82) is 0 Å². The lowest BCUT2D eigenvalue weighted by molar-refractivity contribution is -0.136. The van der Waals surface area contributed by atoms with E-state index in [0.29, 0.717) is 13.0 Å². The molecule has 7 rings (SSSR count). The molecule has 3 fully saturated rings. The summed E-state index contributed by atoms with van der Waals surface area (Å²) in [5, 5.41) is 11.9. The van der Waals surface area contributed by atoms with Crippen molar-refractivity contribution in [2.24, 2.45) is 0 Å². The molecule has 0 radical (unpaired) electrons. The van der Waals surface area contributed by atoms with E-state index in [0.717, 1.165) is 106 Å². The Bertz CT molecular complexity index is 1670. The van der Waals surface area contributed by atoms with Gasteiger partial charge in [-0.1, -0.05) is 24.3 Å². The summed E-state index contributed by atoms with van der Waals surface area (Å²) < 4.78 is 16.2. The highest BCUT2D eigenvalue weighted by molar-refractivity contribution is 7.15. The average Bonchev–Trinajstić information content (AvgIpc) is 3.83. The lowest BCUT2D eigenvalue weighted by Gasteiger charge is -2.29. The quantitative estimate of drug-likeness (QED) is 0.219. The highest BCUT2D eigenvalue weighted by Crippen LogP contribution is 2.32. The third kappa shape index (κ3) is 10.6. The fourth-order valence-electron chi connectivity index (χ4n) is 6.16. The van der Waals surface area contributed by atoms with Crippen LogP contribution in [0.2, 0.25) is 0 Å². The number of carboxylic acid groups (broad SMARTS) is 1. The van der Waals surface area contributed by atoms with Gasteiger partial charge in [0.1, 0.15) is 0 Å². The van der Waals surface area contributed by atoms with Gasteiger partial charge in [-0.25, -0.2) is 0 Å². The van der Waals surface area contributed by atoms with Crippen LogP contribution in [0.4, 0.5) is 11.4 Å². The predicted molar refractivity (Wildman–Crippen MR) is 201 cm³/mol. The highest BCUT2D eigenvalue weighted by Gasteiger charge is 2.15. The van der Waals surface area contributed by atoms with E-state index in [1.807, 2.05) is 12.1 Å². The van der Waals surface area contributed by atoms with Gasteiger partial charge in [0.05, 0.1) is 52.5 Å². The maximum atomic E-state index is 12.3. The van der Waals surface area contributed by atoms with Crippen LogP contribution in [-0.4, -0.2) is 114 Å². The summed E-state index contributed by atoms with van der Waals surface area (Å²) in [5.41, 5.74) is 4.78. The molecule has 3 aliphatic rings. The van der Waals surface area contributed by atoms with Crippen molar-refractivity contribution < 1.29 is 28.9 Å². The largest absolute Gasteiger partial charge is 0.481 e. The summed E-state index contributed by atoms with van der Waals surface area (Å²) in [4.78, 5) is 34.4. The first-order chi connectivity index (χ1) is 24.5. The van der Waals surface area contributed by atoms with E-state index in [-0.39, 0.29) is 12.3 Å². The number of thiophene rings is 2. The molecule has 5 heterocycles. The van der Waals surface area contributed by atoms with Crippen LogP contribution >= 0.6 is 22.7 Å². The molecule has 0 unspecified atom stereocenters. The minimum Gasteiger partial charge on any atom is -0.481 e. The van der Waals surface area contributed by atoms with Crippen LogP contribution in [0.15, 0.2) is 72.8 Å². The lowest BCUT2D eigenvalue weighted by atomic mass is 10.1. The van der Waals surface area contributed by atoms with Gasteiger partial charge in [-0.15, -0.1) is 22.7 Å². The Balaban J connectivity index is 0.000000182. The van der Waals surface area contributed by atoms with E-state index in [2.05, 4.69) is 80.7 Å². The smallest absolute Gasteiger partial charge is 0.308 e. The summed E-state index contributed by atoms with van der Waals surface area (Å²) in [6.07, 6.45) is 0.532. The second kappa shape index (κ2) is 18.5. The Hall–Kier alpha value is -3.78. The number of anilines is 2. The molecule has 2 aromatic carbocycles. The number of nitrogens with one attached hydrogen (secondary N) is 1. The molecule has 50 heavy (non-hydrogen) atoms. The van der Waals surface area contributed by atoms with Gasteiger partial charge in [0.25, 0.3) is 0 Å². The summed E-state index contributed by atoms with van der Waals surface area (Å²) in [5.74, 6) is -0.695. The van der Waals surface area contributed by atoms with Crippen molar-refractivity contribution in [1.82, 2.24) is 10.2 Å². The Morgan fingerprint density at radius 3 is 1.62 bits per heavy atom. The van der Waals surface area contributed by atoms with Crippen molar-refractivity contribution in [3.8, 4) is 20.9 Å². The fourth-order valence-corrected chi connectivity index (χ4v) is 8.16. The van der Waals surface area contributed by atoms with E-state index in [1.54, 1.807) is 22.7 Å². The molecule has 12 heteroatoms. The summed E-state index contributed by atoms with van der Waals surface area (Å²) in [6.45, 7) is 11.9. The Labute approximate surface area is 302 Å². The van der Waals surface area contributed by atoms with Gasteiger partial charge in [0, 0.05) is 83.2 Å². The fraction of sp³-hybridized carbons (Fsp3) is 0.421. The van der Waals surface area contributed by atoms with Gasteiger partial charge in [0.2, 0.25) is 5.91 Å². The van der Waals surface area contributed by atoms with Gasteiger partial charge in [0.15, 0.2) is 0 Å². The minimum atomic E-state index is -0.787. The SMILES string of the molecule is O=C(Cc1ccc(-c2cccc(N3CCOCC3)c2)s1)NCCN1CCOCC1.O=C(O)Cc1ccc(-c2cccc(N3CCOCC3)c2)s1. The van der Waals surface area contributed by atoms with E-state index < -0.39 is 5.97 Å². The number of morpholine rings is 3. The van der Waals surface area contributed by atoms with Crippen LogP contribution in [-0.2, 0) is 36.6 Å². The standard InChI is InChI=1S/C22H29N3O3S.C16H17NO3S/c26-22(23-6-7-24-8-12-27-13-9-24)17-20-4-5-21(29-20)18-2-1-3-19(16-18)25-10-14-28-15-11-25;18-16(19)11-14-4-5-15(21-14)12-2-1-3-13(10-12)17-6-8-20-9-7-17/h1-5,16H,6-15,17H2,(H,23,26);1-5,10H,6-9,11H2,(H,18,19). The molecule has 3 aliphatic heterocycles. The number of carboxylic acids is 1. The van der Waals surface area contributed by atoms with Gasteiger partial charge in [-0.3, -0.25) is 14.5 Å². The monoisotopic (exact) mass is 718 g/mol. The molecular formula is C38H46N4O6S2. The Morgan fingerprint density at radius 2 is 1.12 bits per heavy atom. The molecule has 0 spiro atoms. The third-order valence-corrected chi connectivity index (χ3v) is 11.1. The van der Waals surface area contributed by atoms with Crippen molar-refractivity contribution in [3.05, 3.63) is 82.6 Å². The zero-order chi connectivity index (χ0) is 34.5. The van der Waals surface area contributed by atoms with E-state index >= 15 is 0 Å². The van der Waals surface area contributed by atoms with Crippen LogP contribution in [0.1, 0.15) is 9.75 Å². The first-order valence-corrected chi connectivity index (χ1v) is 19.0. The zero-order valence-electron chi connectivity index (χ0n) is 28.4. The number of carbonyl (C=O) groups is 2. The molecular weight excluding hydrogens is 673 g/mol. The van der Waals surface area contributed by atoms with Crippen LogP contribution in [0, 0.1) is 0 Å². The molecule has 3 saturated heterocycles. The number of rotatable bonds is 11. The first kappa shape index (κ1) is 36.0. The van der Waals surface area contributed by atoms with Gasteiger partial charge < -0.3 is 34.4 Å². The van der Waals surface area contributed by atoms with Crippen LogP contribution in [0.25, 0.3) is 20.9 Å². The lowest BCUT2D eigenvalue weighted by Crippen LogP contribution is -2.41. The zero-order valence-corrected chi connectivity index (χ0v) is 30.0.